The highest BCUT2D eigenvalue weighted by molar-refractivity contribution is 6.30. The van der Waals surface area contributed by atoms with Gasteiger partial charge in [-0.15, -0.1) is 0 Å². The van der Waals surface area contributed by atoms with E-state index in [1.54, 1.807) is 45.0 Å². The quantitative estimate of drug-likeness (QED) is 0.583. The van der Waals surface area contributed by atoms with Gasteiger partial charge in [0.15, 0.2) is 0 Å². The lowest BCUT2D eigenvalue weighted by Gasteiger charge is -2.08. The van der Waals surface area contributed by atoms with E-state index in [4.69, 9.17) is 21.1 Å². The molecule has 2 rings (SSSR count). The van der Waals surface area contributed by atoms with Crippen LogP contribution in [0.25, 0.3) is 0 Å². The molecule has 0 aliphatic carbocycles. The zero-order valence-corrected chi connectivity index (χ0v) is 15.2. The number of nitrogens with one attached hydrogen (secondary N) is 2. The zero-order chi connectivity index (χ0) is 18.4. The number of aromatic amines is 1. The molecule has 0 spiro atoms. The average Bonchev–Trinajstić information content (AvgIpc) is 2.86. The third-order valence-electron chi connectivity index (χ3n) is 3.60. The van der Waals surface area contributed by atoms with Crippen molar-refractivity contribution in [2.75, 3.05) is 19.8 Å². The summed E-state index contributed by atoms with van der Waals surface area (Å²) in [6, 6.07) is 7.04. The number of aromatic nitrogens is 1. The Labute approximate surface area is 151 Å². The van der Waals surface area contributed by atoms with Crippen molar-refractivity contribution in [1.82, 2.24) is 10.3 Å². The highest BCUT2D eigenvalue weighted by Gasteiger charge is 2.22. The molecule has 7 heteroatoms. The van der Waals surface area contributed by atoms with Crippen LogP contribution in [0.4, 0.5) is 0 Å². The van der Waals surface area contributed by atoms with Gasteiger partial charge in [0.25, 0.3) is 5.91 Å². The van der Waals surface area contributed by atoms with E-state index in [-0.39, 0.29) is 12.5 Å². The summed E-state index contributed by atoms with van der Waals surface area (Å²) in [4.78, 5) is 27.2. The van der Waals surface area contributed by atoms with Crippen LogP contribution in [0, 0.1) is 13.8 Å². The first-order chi connectivity index (χ1) is 11.9. The van der Waals surface area contributed by atoms with Crippen molar-refractivity contribution < 1.29 is 19.1 Å². The van der Waals surface area contributed by atoms with Gasteiger partial charge in [-0.2, -0.15) is 0 Å². The van der Waals surface area contributed by atoms with Crippen LogP contribution in [0.15, 0.2) is 24.3 Å². The maximum absolute atomic E-state index is 12.3. The Bertz CT molecular complexity index is 770. The van der Waals surface area contributed by atoms with Gasteiger partial charge in [-0.1, -0.05) is 17.7 Å². The number of carbonyl (C=O) groups excluding carboxylic acids is 2. The first-order valence-electron chi connectivity index (χ1n) is 7.96. The molecular weight excluding hydrogens is 344 g/mol. The van der Waals surface area contributed by atoms with E-state index >= 15 is 0 Å². The largest absolute Gasteiger partial charge is 0.492 e. The fourth-order valence-corrected chi connectivity index (χ4v) is 2.65. The number of carbonyl (C=O) groups is 2. The summed E-state index contributed by atoms with van der Waals surface area (Å²) >= 11 is 5.88. The van der Waals surface area contributed by atoms with Crippen LogP contribution in [0.3, 0.4) is 0 Å². The van der Waals surface area contributed by atoms with Gasteiger partial charge in [0, 0.05) is 10.7 Å². The topological polar surface area (TPSA) is 80.4 Å². The van der Waals surface area contributed by atoms with Gasteiger partial charge in [0.05, 0.1) is 18.7 Å². The first kappa shape index (κ1) is 18.9. The minimum atomic E-state index is -0.433. The van der Waals surface area contributed by atoms with Crippen molar-refractivity contribution in [3.05, 3.63) is 51.8 Å². The van der Waals surface area contributed by atoms with Crippen molar-refractivity contribution in [2.24, 2.45) is 0 Å². The molecule has 6 nitrogen and oxygen atoms in total. The summed E-state index contributed by atoms with van der Waals surface area (Å²) < 4.78 is 10.5. The third-order valence-corrected chi connectivity index (χ3v) is 3.83. The van der Waals surface area contributed by atoms with Gasteiger partial charge in [-0.05, 0) is 44.5 Å². The van der Waals surface area contributed by atoms with Gasteiger partial charge >= 0.3 is 5.97 Å². The second kappa shape index (κ2) is 8.58. The van der Waals surface area contributed by atoms with Crippen LogP contribution in [-0.4, -0.2) is 36.6 Å². The summed E-state index contributed by atoms with van der Waals surface area (Å²) in [5.74, 6) is -0.0961. The zero-order valence-electron chi connectivity index (χ0n) is 14.4. The van der Waals surface area contributed by atoms with E-state index in [1.807, 2.05) is 0 Å². The number of aryl methyl sites for hydroxylation is 1. The number of hydrogen-bond acceptors (Lipinski definition) is 4. The van der Waals surface area contributed by atoms with Gasteiger partial charge in [0.2, 0.25) is 0 Å². The number of rotatable bonds is 7. The van der Waals surface area contributed by atoms with Crippen molar-refractivity contribution in [3.8, 4) is 5.75 Å². The number of benzene rings is 1. The molecule has 2 N–H and O–H groups in total. The number of ether oxygens (including phenoxy) is 2. The van der Waals surface area contributed by atoms with Crippen LogP contribution in [0.2, 0.25) is 5.02 Å². The highest BCUT2D eigenvalue weighted by Crippen LogP contribution is 2.19. The van der Waals surface area contributed by atoms with Crippen LogP contribution in [0.1, 0.15) is 39.0 Å². The normalized spacial score (nSPS) is 10.4. The Morgan fingerprint density at radius 1 is 1.28 bits per heavy atom. The lowest BCUT2D eigenvalue weighted by Crippen LogP contribution is -2.29. The van der Waals surface area contributed by atoms with Crippen molar-refractivity contribution in [3.63, 3.8) is 0 Å². The van der Waals surface area contributed by atoms with E-state index in [9.17, 15) is 9.59 Å². The molecule has 0 aliphatic heterocycles. The van der Waals surface area contributed by atoms with Gasteiger partial charge < -0.3 is 19.8 Å². The number of amides is 1. The molecule has 0 aliphatic rings. The predicted molar refractivity (Wildman–Crippen MR) is 95.5 cm³/mol. The smallest absolute Gasteiger partial charge is 0.340 e. The van der Waals surface area contributed by atoms with E-state index < -0.39 is 5.97 Å². The molecule has 0 saturated heterocycles. The molecule has 1 aromatic carbocycles. The monoisotopic (exact) mass is 364 g/mol. The lowest BCUT2D eigenvalue weighted by atomic mass is 10.1. The lowest BCUT2D eigenvalue weighted by molar-refractivity contribution is 0.0525. The summed E-state index contributed by atoms with van der Waals surface area (Å²) in [7, 11) is 0. The molecule has 0 saturated carbocycles. The van der Waals surface area contributed by atoms with E-state index in [1.165, 1.54) is 0 Å². The first-order valence-corrected chi connectivity index (χ1v) is 8.34. The standard InChI is InChI=1S/C18H21ClN2O4/c1-4-24-18(23)15-11(2)16(21-12(15)3)17(22)20-8-9-25-14-7-5-6-13(19)10-14/h5-7,10,21H,4,8-9H2,1-3H3,(H,20,22). The molecule has 0 unspecified atom stereocenters. The van der Waals surface area contributed by atoms with E-state index in [0.717, 1.165) is 0 Å². The molecule has 0 atom stereocenters. The number of H-pyrrole nitrogens is 1. The summed E-state index contributed by atoms with van der Waals surface area (Å²) in [6.07, 6.45) is 0. The van der Waals surface area contributed by atoms with Crippen molar-refractivity contribution >= 4 is 23.5 Å². The predicted octanol–water partition coefficient (Wildman–Crippen LogP) is 3.27. The van der Waals surface area contributed by atoms with Crippen LogP contribution >= 0.6 is 11.6 Å². The summed E-state index contributed by atoms with van der Waals surface area (Å²) in [5.41, 5.74) is 1.94. The average molecular weight is 365 g/mol. The summed E-state index contributed by atoms with van der Waals surface area (Å²) in [5, 5.41) is 3.34. The van der Waals surface area contributed by atoms with Gasteiger partial charge in [-0.3, -0.25) is 4.79 Å². The van der Waals surface area contributed by atoms with E-state index in [0.29, 0.717) is 46.4 Å². The molecule has 134 valence electrons. The van der Waals surface area contributed by atoms with Crippen molar-refractivity contribution in [1.29, 1.82) is 0 Å². The Hall–Kier alpha value is -2.47. The molecule has 1 aromatic heterocycles. The minimum absolute atomic E-state index is 0.283. The van der Waals surface area contributed by atoms with Crippen LogP contribution in [0.5, 0.6) is 5.75 Å². The number of esters is 1. The minimum Gasteiger partial charge on any atom is -0.492 e. The molecule has 1 heterocycles. The Kier molecular flexibility index (Phi) is 6.47. The second-order valence-corrected chi connectivity index (χ2v) is 5.84. The fraction of sp³-hybridized carbons (Fsp3) is 0.333. The summed E-state index contributed by atoms with van der Waals surface area (Å²) in [6.45, 7) is 6.09. The molecular formula is C18H21ClN2O4. The third kappa shape index (κ3) is 4.76. The van der Waals surface area contributed by atoms with Gasteiger partial charge in [-0.25, -0.2) is 4.79 Å². The Morgan fingerprint density at radius 2 is 2.04 bits per heavy atom. The number of hydrogen-bond donors (Lipinski definition) is 2. The molecule has 25 heavy (non-hydrogen) atoms. The van der Waals surface area contributed by atoms with E-state index in [2.05, 4.69) is 10.3 Å². The highest BCUT2D eigenvalue weighted by atomic mass is 35.5. The van der Waals surface area contributed by atoms with Crippen LogP contribution in [-0.2, 0) is 4.74 Å². The molecule has 0 radical (unpaired) electrons. The maximum Gasteiger partial charge on any atom is 0.340 e. The SMILES string of the molecule is CCOC(=O)c1c(C)[nH]c(C(=O)NCCOc2cccc(Cl)c2)c1C. The Balaban J connectivity index is 1.93. The maximum atomic E-state index is 12.3. The second-order valence-electron chi connectivity index (χ2n) is 5.41. The van der Waals surface area contributed by atoms with Crippen LogP contribution < -0.4 is 10.1 Å². The van der Waals surface area contributed by atoms with Gasteiger partial charge in [0.1, 0.15) is 18.1 Å². The molecule has 1 amide bonds. The molecule has 0 fully saturated rings. The molecule has 2 aromatic rings. The Morgan fingerprint density at radius 3 is 2.72 bits per heavy atom. The van der Waals surface area contributed by atoms with Crippen molar-refractivity contribution in [2.45, 2.75) is 20.8 Å². The number of halogens is 1. The molecule has 0 bridgehead atoms. The fourth-order valence-electron chi connectivity index (χ4n) is 2.47.